The zero-order valence-electron chi connectivity index (χ0n) is 34.8. The van der Waals surface area contributed by atoms with Gasteiger partial charge in [0.25, 0.3) is 0 Å². The molecule has 0 radical (unpaired) electrons. The summed E-state index contributed by atoms with van der Waals surface area (Å²) in [6, 6.07) is 0. The topological polar surface area (TPSA) is 478 Å². The van der Waals surface area contributed by atoms with Crippen LogP contribution in [0.5, 0.6) is 0 Å². The lowest BCUT2D eigenvalue weighted by molar-refractivity contribution is -0.149. The fourth-order valence-corrected chi connectivity index (χ4v) is 4.79. The maximum atomic E-state index is 12.5. The van der Waals surface area contributed by atoms with E-state index < -0.39 is 150 Å². The van der Waals surface area contributed by atoms with Crippen molar-refractivity contribution < 1.29 is 119 Å². The van der Waals surface area contributed by atoms with Crippen molar-refractivity contribution in [2.75, 3.05) is 112 Å². The summed E-state index contributed by atoms with van der Waals surface area (Å²) in [5.74, 6) is -7.36. The fourth-order valence-electron chi connectivity index (χ4n) is 4.79. The number of rotatable bonds is 38. The van der Waals surface area contributed by atoms with Crippen LogP contribution in [0.4, 0.5) is 0 Å². The van der Waals surface area contributed by atoms with E-state index in [9.17, 15) is 89.7 Å². The van der Waals surface area contributed by atoms with Crippen LogP contribution < -0.4 is 10.6 Å². The molecule has 8 atom stereocenters. The highest BCUT2D eigenvalue weighted by molar-refractivity contribution is 5.80. The Hall–Kier alpha value is -5.29. The Morgan fingerprint density at radius 2 is 0.815 bits per heavy atom. The predicted octanol–water partition coefficient (Wildman–Crippen LogP) is -10.7. The lowest BCUT2D eigenvalue weighted by Crippen LogP contribution is -2.47. The number of oxime groups is 2. The number of ether oxygens (including phenoxy) is 2. The molecule has 0 unspecified atom stereocenters. The zero-order valence-corrected chi connectivity index (χ0v) is 34.8. The minimum absolute atomic E-state index is 0.137. The number of carboxylic acids is 3. The summed E-state index contributed by atoms with van der Waals surface area (Å²) in [6.07, 6.45) is -13.8. The number of nitrogens with one attached hydrogen (secondary N) is 2. The van der Waals surface area contributed by atoms with Crippen LogP contribution in [0.25, 0.3) is 0 Å². The number of amides is 2. The van der Waals surface area contributed by atoms with E-state index >= 15 is 0 Å². The molecule has 0 bridgehead atoms. The molecule has 374 valence electrons. The third-order valence-corrected chi connectivity index (χ3v) is 8.15. The van der Waals surface area contributed by atoms with Gasteiger partial charge in [-0.25, -0.2) is 9.59 Å². The highest BCUT2D eigenvalue weighted by Gasteiger charge is 2.30. The van der Waals surface area contributed by atoms with Crippen molar-refractivity contribution in [1.29, 1.82) is 0 Å². The average molecular weight is 950 g/mol. The molecule has 0 saturated heterocycles. The van der Waals surface area contributed by atoms with E-state index in [-0.39, 0.29) is 52.5 Å². The summed E-state index contributed by atoms with van der Waals surface area (Å²) in [6.45, 7) is -8.15. The van der Waals surface area contributed by atoms with Gasteiger partial charge in [-0.3, -0.25) is 38.7 Å². The molecule has 31 heteroatoms. The summed E-state index contributed by atoms with van der Waals surface area (Å²) in [5, 5.41) is 133. The highest BCUT2D eigenvalue weighted by Crippen LogP contribution is 2.05. The number of carboxylic acid groups (broad SMARTS) is 3. The third-order valence-electron chi connectivity index (χ3n) is 8.15. The van der Waals surface area contributed by atoms with E-state index in [1.165, 1.54) is 4.90 Å². The second-order valence-electron chi connectivity index (χ2n) is 13.5. The molecule has 0 rings (SSSR count). The Bertz CT molecular complexity index is 1410. The second-order valence-corrected chi connectivity index (χ2v) is 13.5. The van der Waals surface area contributed by atoms with Crippen LogP contribution in [0, 0.1) is 0 Å². The van der Waals surface area contributed by atoms with Gasteiger partial charge in [-0.2, -0.15) is 0 Å². The van der Waals surface area contributed by atoms with Crippen molar-refractivity contribution in [3.05, 3.63) is 0 Å². The number of carbonyl (C=O) groups excluding carboxylic acids is 4. The van der Waals surface area contributed by atoms with Gasteiger partial charge in [-0.1, -0.05) is 10.3 Å². The quantitative estimate of drug-likeness (QED) is 0.0118. The summed E-state index contributed by atoms with van der Waals surface area (Å²) < 4.78 is 9.66. The van der Waals surface area contributed by atoms with Crippen molar-refractivity contribution >= 4 is 54.1 Å². The van der Waals surface area contributed by atoms with Gasteiger partial charge in [0.05, 0.1) is 71.5 Å². The first-order chi connectivity index (χ1) is 30.6. The zero-order chi connectivity index (χ0) is 49.5. The number of esters is 2. The van der Waals surface area contributed by atoms with Gasteiger partial charge in [0, 0.05) is 26.2 Å². The molecule has 0 aromatic carbocycles. The maximum Gasteiger partial charge on any atom is 0.347 e. The third kappa shape index (κ3) is 29.0. The van der Waals surface area contributed by atoms with Crippen molar-refractivity contribution in [2.24, 2.45) is 10.3 Å². The van der Waals surface area contributed by atoms with E-state index in [2.05, 4.69) is 30.6 Å². The smallest absolute Gasteiger partial charge is 0.347 e. The number of aliphatic carboxylic acids is 3. The van der Waals surface area contributed by atoms with Crippen LogP contribution in [-0.2, 0) is 52.7 Å². The maximum absolute atomic E-state index is 12.5. The molecule has 0 saturated carbocycles. The molecule has 0 spiro atoms. The number of carbonyl (C=O) groups is 7. The molecule has 0 aliphatic rings. The first-order valence-corrected chi connectivity index (χ1v) is 19.3. The molecule has 0 aliphatic heterocycles. The molecule has 0 aliphatic carbocycles. The van der Waals surface area contributed by atoms with E-state index in [1.807, 2.05) is 0 Å². The lowest BCUT2D eigenvalue weighted by Gasteiger charge is -2.28. The Morgan fingerprint density at radius 1 is 0.492 bits per heavy atom. The number of nitrogens with zero attached hydrogens (tertiary/aromatic N) is 5. The van der Waals surface area contributed by atoms with Gasteiger partial charge in [-0.05, 0) is 0 Å². The minimum atomic E-state index is -1.95. The average Bonchev–Trinajstić information content (AvgIpc) is 3.25. The van der Waals surface area contributed by atoms with Crippen LogP contribution in [0.2, 0.25) is 0 Å². The number of aliphatic hydroxyl groups excluding tert-OH is 10. The Labute approximate surface area is 369 Å². The molecular formula is C34H59N7O24. The van der Waals surface area contributed by atoms with Gasteiger partial charge in [-0.15, -0.1) is 0 Å². The molecule has 0 fully saturated rings. The van der Waals surface area contributed by atoms with Gasteiger partial charge >= 0.3 is 29.8 Å². The summed E-state index contributed by atoms with van der Waals surface area (Å²) in [7, 11) is 0. The van der Waals surface area contributed by atoms with Crippen LogP contribution in [0.15, 0.2) is 10.3 Å². The Morgan fingerprint density at radius 3 is 1.14 bits per heavy atom. The van der Waals surface area contributed by atoms with Crippen LogP contribution in [0.1, 0.15) is 0 Å². The summed E-state index contributed by atoms with van der Waals surface area (Å²) >= 11 is 0. The molecule has 2 amide bonds. The Kier molecular flexibility index (Phi) is 31.3. The first-order valence-electron chi connectivity index (χ1n) is 19.3. The molecule has 65 heavy (non-hydrogen) atoms. The predicted molar refractivity (Wildman–Crippen MR) is 211 cm³/mol. The normalized spacial score (nSPS) is 15.5. The highest BCUT2D eigenvalue weighted by atomic mass is 16.7. The number of hydrogen-bond donors (Lipinski definition) is 15. The SMILES string of the molecule is O=C(O)CN(CCN(CC(=O)O)CC(=O)NCCOC(=O)CO/N=C/[C@@H](O)[C@@H](O)[C@@H](O)[C@H](O)CO)CCN(CC(=O)O)CC(=O)NCCOC(=O)CO/N=C/[C@@H](O)[C@@H](O)[C@@H](O)[C@H](O)CO. The van der Waals surface area contributed by atoms with E-state index in [1.54, 1.807) is 0 Å². The minimum Gasteiger partial charge on any atom is -0.480 e. The van der Waals surface area contributed by atoms with Gasteiger partial charge in [0.15, 0.2) is 0 Å². The number of hydrogen-bond acceptors (Lipinski definition) is 26. The van der Waals surface area contributed by atoms with Crippen LogP contribution in [0.3, 0.4) is 0 Å². The van der Waals surface area contributed by atoms with Gasteiger partial charge in [0.2, 0.25) is 25.0 Å². The van der Waals surface area contributed by atoms with E-state index in [0.717, 1.165) is 9.80 Å². The second kappa shape index (κ2) is 34.1. The first kappa shape index (κ1) is 59.7. The molecule has 0 aromatic heterocycles. The summed E-state index contributed by atoms with van der Waals surface area (Å²) in [5.41, 5.74) is 0. The molecule has 0 heterocycles. The summed E-state index contributed by atoms with van der Waals surface area (Å²) in [4.78, 5) is 96.1. The molecule has 0 aromatic rings. The largest absolute Gasteiger partial charge is 0.480 e. The monoisotopic (exact) mass is 949 g/mol. The molecule has 31 nitrogen and oxygen atoms in total. The van der Waals surface area contributed by atoms with E-state index in [4.69, 9.17) is 19.7 Å². The fraction of sp³-hybridized carbons (Fsp3) is 0.735. The van der Waals surface area contributed by atoms with Crippen molar-refractivity contribution in [1.82, 2.24) is 25.3 Å². The van der Waals surface area contributed by atoms with Crippen LogP contribution >= 0.6 is 0 Å². The van der Waals surface area contributed by atoms with Gasteiger partial charge in [0.1, 0.15) is 62.0 Å². The van der Waals surface area contributed by atoms with E-state index in [0.29, 0.717) is 12.4 Å². The van der Waals surface area contributed by atoms with Gasteiger partial charge < -0.3 is 96.2 Å². The lowest BCUT2D eigenvalue weighted by atomic mass is 10.0. The standard InChI is InChI=1S/C34H59N7O24/c42-16-22(46)33(60)31(58)20(44)9-37-64-18-29(56)62-7-1-35-24(48)11-40(14-27(52)53)5-3-39(13-26(50)51)4-6-41(15-28(54)55)12-25(49)36-2-8-63-30(57)19-65-38-10-21(45)32(59)34(61)23(47)17-43/h9-10,20-23,31-34,42-47,58-61H,1-8,11-19H2,(H,35,48)(H,36,49)(H,50,51)(H,52,53)(H,54,55)/b37-9+,38-10+/t20-,21-,22-,23-,31-,32-,33+,34+/m1/s1. The van der Waals surface area contributed by atoms with Crippen molar-refractivity contribution in [3.8, 4) is 0 Å². The van der Waals surface area contributed by atoms with Crippen molar-refractivity contribution in [3.63, 3.8) is 0 Å². The molecule has 15 N–H and O–H groups in total. The Balaban J connectivity index is 4.90. The number of aliphatic hydroxyl groups is 10. The van der Waals surface area contributed by atoms with Crippen molar-refractivity contribution in [2.45, 2.75) is 48.8 Å². The molecular weight excluding hydrogens is 890 g/mol. The van der Waals surface area contributed by atoms with Crippen LogP contribution in [-0.4, -0.2) is 296 Å².